The van der Waals surface area contributed by atoms with Gasteiger partial charge < -0.3 is 24.8 Å². The molecule has 1 aliphatic carbocycles. The smallest absolute Gasteiger partial charge is 0.228 e. The maximum Gasteiger partial charge on any atom is 0.228 e. The molecule has 0 bridgehead atoms. The Morgan fingerprint density at radius 3 is 2.62 bits per heavy atom. The highest BCUT2D eigenvalue weighted by atomic mass is 16.6. The lowest BCUT2D eigenvalue weighted by atomic mass is 10.1. The molecule has 0 spiro atoms. The average Bonchev–Trinajstić information content (AvgIpc) is 3.55. The number of benzene rings is 2. The van der Waals surface area contributed by atoms with E-state index in [0.29, 0.717) is 49.8 Å². The Labute approximate surface area is 169 Å². The van der Waals surface area contributed by atoms with E-state index in [1.807, 2.05) is 24.3 Å². The van der Waals surface area contributed by atoms with Crippen molar-refractivity contribution < 1.29 is 23.8 Å². The normalized spacial score (nSPS) is 19.2. The number of methoxy groups -OCH3 is 1. The van der Waals surface area contributed by atoms with Gasteiger partial charge in [0.2, 0.25) is 11.8 Å². The molecule has 2 aromatic rings. The largest absolute Gasteiger partial charge is 0.496 e. The SMILES string of the molecule is COc1ccccc1CCNC(=O)C1CC1C(=O)Nc1ccc2c(c1)OCCO2. The summed E-state index contributed by atoms with van der Waals surface area (Å²) in [6.45, 7) is 1.52. The third kappa shape index (κ3) is 4.45. The lowest BCUT2D eigenvalue weighted by Crippen LogP contribution is -2.29. The van der Waals surface area contributed by atoms with E-state index in [9.17, 15) is 9.59 Å². The van der Waals surface area contributed by atoms with Crippen LogP contribution in [0.4, 0.5) is 5.69 Å². The lowest BCUT2D eigenvalue weighted by Gasteiger charge is -2.19. The maximum absolute atomic E-state index is 12.5. The van der Waals surface area contributed by atoms with Gasteiger partial charge in [-0.2, -0.15) is 0 Å². The molecule has 152 valence electrons. The highest BCUT2D eigenvalue weighted by molar-refractivity contribution is 5.99. The summed E-state index contributed by atoms with van der Waals surface area (Å²) in [7, 11) is 1.63. The summed E-state index contributed by atoms with van der Waals surface area (Å²) in [5.74, 6) is 1.31. The molecule has 2 atom stereocenters. The van der Waals surface area contributed by atoms with Crippen molar-refractivity contribution in [3.8, 4) is 17.2 Å². The quantitative estimate of drug-likeness (QED) is 0.751. The first-order chi connectivity index (χ1) is 14.2. The summed E-state index contributed by atoms with van der Waals surface area (Å²) in [4.78, 5) is 24.8. The highest BCUT2D eigenvalue weighted by Crippen LogP contribution is 2.40. The van der Waals surface area contributed by atoms with E-state index >= 15 is 0 Å². The van der Waals surface area contributed by atoms with Gasteiger partial charge >= 0.3 is 0 Å². The minimum absolute atomic E-state index is 0.0813. The predicted octanol–water partition coefficient (Wildman–Crippen LogP) is 2.40. The van der Waals surface area contributed by atoms with Gasteiger partial charge in [-0.05, 0) is 36.6 Å². The Hall–Kier alpha value is -3.22. The van der Waals surface area contributed by atoms with Gasteiger partial charge in [-0.15, -0.1) is 0 Å². The van der Waals surface area contributed by atoms with Gasteiger partial charge in [0.05, 0.1) is 18.9 Å². The number of rotatable bonds is 7. The third-order valence-electron chi connectivity index (χ3n) is 5.16. The molecular formula is C22H24N2O5. The Bertz CT molecular complexity index is 914. The van der Waals surface area contributed by atoms with Crippen molar-refractivity contribution in [1.82, 2.24) is 5.32 Å². The van der Waals surface area contributed by atoms with E-state index in [1.165, 1.54) is 0 Å². The van der Waals surface area contributed by atoms with Crippen molar-refractivity contribution in [3.05, 3.63) is 48.0 Å². The van der Waals surface area contributed by atoms with Gasteiger partial charge in [-0.3, -0.25) is 9.59 Å². The number of nitrogens with one attached hydrogen (secondary N) is 2. The van der Waals surface area contributed by atoms with E-state index in [1.54, 1.807) is 25.3 Å². The Morgan fingerprint density at radius 1 is 1.03 bits per heavy atom. The van der Waals surface area contributed by atoms with Crippen LogP contribution in [-0.4, -0.2) is 38.7 Å². The number of fused-ring (bicyclic) bond motifs is 1. The zero-order valence-electron chi connectivity index (χ0n) is 16.3. The van der Waals surface area contributed by atoms with Gasteiger partial charge in [0.25, 0.3) is 0 Å². The zero-order valence-corrected chi connectivity index (χ0v) is 16.3. The molecule has 2 amide bonds. The summed E-state index contributed by atoms with van der Waals surface area (Å²) in [5.41, 5.74) is 1.68. The molecule has 1 saturated carbocycles. The second-order valence-electron chi connectivity index (χ2n) is 7.15. The van der Waals surface area contributed by atoms with Crippen molar-refractivity contribution >= 4 is 17.5 Å². The average molecular weight is 396 g/mol. The first-order valence-electron chi connectivity index (χ1n) is 9.76. The minimum atomic E-state index is -0.297. The van der Waals surface area contributed by atoms with Crippen LogP contribution in [0, 0.1) is 11.8 Å². The van der Waals surface area contributed by atoms with Crippen LogP contribution in [0.15, 0.2) is 42.5 Å². The number of amides is 2. The van der Waals surface area contributed by atoms with Crippen LogP contribution < -0.4 is 24.8 Å². The molecule has 4 rings (SSSR count). The summed E-state index contributed by atoms with van der Waals surface area (Å²) < 4.78 is 16.3. The monoisotopic (exact) mass is 396 g/mol. The molecular weight excluding hydrogens is 372 g/mol. The van der Waals surface area contributed by atoms with Crippen LogP contribution in [-0.2, 0) is 16.0 Å². The third-order valence-corrected chi connectivity index (χ3v) is 5.16. The van der Waals surface area contributed by atoms with Gasteiger partial charge in [0, 0.05) is 18.3 Å². The second kappa shape index (κ2) is 8.43. The zero-order chi connectivity index (χ0) is 20.2. The van der Waals surface area contributed by atoms with Crippen molar-refractivity contribution in [2.24, 2.45) is 11.8 Å². The Balaban J connectivity index is 1.25. The van der Waals surface area contributed by atoms with Crippen LogP contribution in [0.5, 0.6) is 17.2 Å². The van der Waals surface area contributed by atoms with E-state index in [-0.39, 0.29) is 23.7 Å². The predicted molar refractivity (Wildman–Crippen MR) is 107 cm³/mol. The van der Waals surface area contributed by atoms with Gasteiger partial charge in [0.1, 0.15) is 19.0 Å². The Morgan fingerprint density at radius 2 is 1.79 bits per heavy atom. The van der Waals surface area contributed by atoms with E-state index in [4.69, 9.17) is 14.2 Å². The van der Waals surface area contributed by atoms with E-state index < -0.39 is 0 Å². The summed E-state index contributed by atoms with van der Waals surface area (Å²) in [5, 5.41) is 5.79. The summed E-state index contributed by atoms with van der Waals surface area (Å²) in [6, 6.07) is 13.0. The van der Waals surface area contributed by atoms with Crippen molar-refractivity contribution in [2.45, 2.75) is 12.8 Å². The fourth-order valence-electron chi connectivity index (χ4n) is 3.49. The molecule has 2 aliphatic rings. The van der Waals surface area contributed by atoms with E-state index in [2.05, 4.69) is 10.6 Å². The Kier molecular flexibility index (Phi) is 5.55. The number of hydrogen-bond donors (Lipinski definition) is 2. The van der Waals surface area contributed by atoms with Crippen molar-refractivity contribution in [2.75, 3.05) is 32.2 Å². The standard InChI is InChI=1S/C22H24N2O5/c1-27-18-5-3-2-4-14(18)8-9-23-21(25)16-13-17(16)22(26)24-15-6-7-19-20(12-15)29-11-10-28-19/h2-7,12,16-17H,8-11,13H2,1H3,(H,23,25)(H,24,26). The molecule has 0 radical (unpaired) electrons. The van der Waals surface area contributed by atoms with Crippen molar-refractivity contribution in [3.63, 3.8) is 0 Å². The second-order valence-corrected chi connectivity index (χ2v) is 7.15. The molecule has 1 aliphatic heterocycles. The first-order valence-corrected chi connectivity index (χ1v) is 9.76. The van der Waals surface area contributed by atoms with Crippen LogP contribution in [0.3, 0.4) is 0 Å². The number of ether oxygens (including phenoxy) is 3. The minimum Gasteiger partial charge on any atom is -0.496 e. The number of carbonyl (C=O) groups excluding carboxylic acids is 2. The molecule has 0 saturated heterocycles. The summed E-state index contributed by atoms with van der Waals surface area (Å²) in [6.07, 6.45) is 1.24. The molecule has 2 aromatic carbocycles. The molecule has 2 unspecified atom stereocenters. The molecule has 0 aromatic heterocycles. The van der Waals surface area contributed by atoms with Crippen LogP contribution in [0.1, 0.15) is 12.0 Å². The molecule has 7 heteroatoms. The van der Waals surface area contributed by atoms with Crippen LogP contribution >= 0.6 is 0 Å². The molecule has 29 heavy (non-hydrogen) atoms. The summed E-state index contributed by atoms with van der Waals surface area (Å²) >= 11 is 0. The fourth-order valence-corrected chi connectivity index (χ4v) is 3.49. The molecule has 1 fully saturated rings. The molecule has 2 N–H and O–H groups in total. The first kappa shape index (κ1) is 19.1. The van der Waals surface area contributed by atoms with Gasteiger partial charge in [-0.25, -0.2) is 0 Å². The number of anilines is 1. The van der Waals surface area contributed by atoms with Crippen molar-refractivity contribution in [1.29, 1.82) is 0 Å². The molecule has 7 nitrogen and oxygen atoms in total. The number of carbonyl (C=O) groups is 2. The topological polar surface area (TPSA) is 85.9 Å². The van der Waals surface area contributed by atoms with Gasteiger partial charge in [-0.1, -0.05) is 18.2 Å². The van der Waals surface area contributed by atoms with Crippen LogP contribution in [0.25, 0.3) is 0 Å². The maximum atomic E-state index is 12.5. The van der Waals surface area contributed by atoms with Crippen LogP contribution in [0.2, 0.25) is 0 Å². The fraction of sp³-hybridized carbons (Fsp3) is 0.364. The number of hydrogen-bond acceptors (Lipinski definition) is 5. The highest BCUT2D eigenvalue weighted by Gasteiger charge is 2.47. The number of para-hydroxylation sites is 1. The molecule has 1 heterocycles. The van der Waals surface area contributed by atoms with E-state index in [0.717, 1.165) is 11.3 Å². The van der Waals surface area contributed by atoms with Gasteiger partial charge in [0.15, 0.2) is 11.5 Å². The lowest BCUT2D eigenvalue weighted by molar-refractivity contribution is -0.125.